The molecule has 0 spiro atoms. The first kappa shape index (κ1) is 21.6. The number of rotatable bonds is 7. The van der Waals surface area contributed by atoms with Crippen molar-refractivity contribution in [1.82, 2.24) is 10.2 Å². The summed E-state index contributed by atoms with van der Waals surface area (Å²) in [5.41, 5.74) is 6.76. The quantitative estimate of drug-likeness (QED) is 0.643. The third-order valence-electron chi connectivity index (χ3n) is 4.95. The Balaban J connectivity index is 1.41. The van der Waals surface area contributed by atoms with Crippen molar-refractivity contribution < 1.29 is 14.3 Å². The fraction of sp³-hybridized carbons (Fsp3) is 0.381. The Morgan fingerprint density at radius 2 is 1.86 bits per heavy atom. The van der Waals surface area contributed by atoms with Crippen LogP contribution in [0.2, 0.25) is 10.0 Å². The molecule has 2 aromatic rings. The van der Waals surface area contributed by atoms with Crippen LogP contribution < -0.4 is 20.5 Å². The lowest BCUT2D eigenvalue weighted by molar-refractivity contribution is 0.0906. The number of benzene rings is 2. The first-order valence-electron chi connectivity index (χ1n) is 9.52. The Hall–Kier alpha value is -2.15. The van der Waals surface area contributed by atoms with Gasteiger partial charge in [-0.15, -0.1) is 0 Å². The van der Waals surface area contributed by atoms with E-state index in [1.165, 1.54) is 0 Å². The van der Waals surface area contributed by atoms with E-state index in [0.717, 1.165) is 38.2 Å². The first-order valence-corrected chi connectivity index (χ1v) is 10.3. The van der Waals surface area contributed by atoms with E-state index < -0.39 is 0 Å². The maximum atomic E-state index is 12.4. The molecule has 1 amide bonds. The van der Waals surface area contributed by atoms with Gasteiger partial charge < -0.3 is 25.4 Å². The Morgan fingerprint density at radius 1 is 1.14 bits per heavy atom. The summed E-state index contributed by atoms with van der Waals surface area (Å²) in [6.45, 7) is 3.13. The topological polar surface area (TPSA) is 76.8 Å². The van der Waals surface area contributed by atoms with Crippen LogP contribution in [0, 0.1) is 0 Å². The molecule has 0 radical (unpaired) electrons. The third-order valence-corrected chi connectivity index (χ3v) is 5.69. The molecule has 1 fully saturated rings. The minimum atomic E-state index is -0.195. The van der Waals surface area contributed by atoms with E-state index in [4.69, 9.17) is 38.4 Å². The molecule has 0 aliphatic carbocycles. The van der Waals surface area contributed by atoms with Gasteiger partial charge in [-0.3, -0.25) is 4.79 Å². The number of methoxy groups -OCH3 is 1. The molecule has 3 rings (SSSR count). The van der Waals surface area contributed by atoms with Gasteiger partial charge in [0.05, 0.1) is 22.7 Å². The normalized spacial score (nSPS) is 15.1. The SMILES string of the molecule is COc1ccc(N)c(C(=O)NCCN2CCC(Oc3ccc(Cl)c(Cl)c3)CC2)c1. The largest absolute Gasteiger partial charge is 0.497 e. The molecule has 0 atom stereocenters. The van der Waals surface area contributed by atoms with Gasteiger partial charge in [0.25, 0.3) is 5.91 Å². The molecule has 1 saturated heterocycles. The van der Waals surface area contributed by atoms with Crippen molar-refractivity contribution in [3.05, 3.63) is 52.0 Å². The monoisotopic (exact) mass is 437 g/mol. The Bertz CT molecular complexity index is 855. The summed E-state index contributed by atoms with van der Waals surface area (Å²) in [5, 5.41) is 3.94. The molecule has 1 aliphatic heterocycles. The average molecular weight is 438 g/mol. The molecule has 6 nitrogen and oxygen atoms in total. The van der Waals surface area contributed by atoms with Crippen LogP contribution >= 0.6 is 23.2 Å². The number of ether oxygens (including phenoxy) is 2. The number of anilines is 1. The molecule has 8 heteroatoms. The van der Waals surface area contributed by atoms with Gasteiger partial charge in [0.1, 0.15) is 17.6 Å². The Morgan fingerprint density at radius 3 is 2.55 bits per heavy atom. The molecule has 0 saturated carbocycles. The second-order valence-electron chi connectivity index (χ2n) is 6.94. The molecular weight excluding hydrogens is 413 g/mol. The minimum Gasteiger partial charge on any atom is -0.497 e. The molecule has 1 aliphatic rings. The number of piperidine rings is 1. The number of nitrogen functional groups attached to an aromatic ring is 1. The van der Waals surface area contributed by atoms with E-state index in [0.29, 0.717) is 33.6 Å². The highest BCUT2D eigenvalue weighted by molar-refractivity contribution is 6.42. The van der Waals surface area contributed by atoms with Gasteiger partial charge >= 0.3 is 0 Å². The van der Waals surface area contributed by atoms with E-state index in [1.54, 1.807) is 37.4 Å². The van der Waals surface area contributed by atoms with E-state index in [2.05, 4.69) is 10.2 Å². The van der Waals surface area contributed by atoms with Crippen LogP contribution in [0.5, 0.6) is 11.5 Å². The van der Waals surface area contributed by atoms with E-state index >= 15 is 0 Å². The van der Waals surface area contributed by atoms with Gasteiger partial charge in [-0.05, 0) is 43.2 Å². The highest BCUT2D eigenvalue weighted by atomic mass is 35.5. The molecule has 1 heterocycles. The van der Waals surface area contributed by atoms with Crippen LogP contribution in [-0.4, -0.2) is 50.2 Å². The number of hydrogen-bond acceptors (Lipinski definition) is 5. The molecule has 29 heavy (non-hydrogen) atoms. The lowest BCUT2D eigenvalue weighted by Gasteiger charge is -2.32. The van der Waals surface area contributed by atoms with Crippen molar-refractivity contribution in [2.45, 2.75) is 18.9 Å². The summed E-state index contributed by atoms with van der Waals surface area (Å²) < 4.78 is 11.2. The van der Waals surface area contributed by atoms with Crippen LogP contribution in [0.1, 0.15) is 23.2 Å². The highest BCUT2D eigenvalue weighted by Crippen LogP contribution is 2.28. The molecule has 2 aromatic carbocycles. The Kier molecular flexibility index (Phi) is 7.47. The average Bonchev–Trinajstić information content (AvgIpc) is 2.72. The van der Waals surface area contributed by atoms with Gasteiger partial charge in [-0.1, -0.05) is 23.2 Å². The summed E-state index contributed by atoms with van der Waals surface area (Å²) >= 11 is 12.0. The minimum absolute atomic E-state index is 0.148. The summed E-state index contributed by atoms with van der Waals surface area (Å²) in [6.07, 6.45) is 1.98. The number of halogens is 2. The van der Waals surface area contributed by atoms with Crippen molar-refractivity contribution in [1.29, 1.82) is 0 Å². The molecular formula is C21H25Cl2N3O3. The first-order chi connectivity index (χ1) is 14.0. The number of nitrogens with two attached hydrogens (primary N) is 1. The van der Waals surface area contributed by atoms with Gasteiger partial charge in [0.2, 0.25) is 0 Å². The number of nitrogens with zero attached hydrogens (tertiary/aromatic N) is 1. The van der Waals surface area contributed by atoms with Gasteiger partial charge in [-0.2, -0.15) is 0 Å². The third kappa shape index (κ3) is 5.92. The fourth-order valence-electron chi connectivity index (χ4n) is 3.28. The number of likely N-dealkylation sites (tertiary alicyclic amines) is 1. The van der Waals surface area contributed by atoms with Crippen molar-refractivity contribution in [3.63, 3.8) is 0 Å². The zero-order valence-electron chi connectivity index (χ0n) is 16.3. The molecule has 156 valence electrons. The smallest absolute Gasteiger partial charge is 0.253 e. The van der Waals surface area contributed by atoms with Crippen LogP contribution in [0.3, 0.4) is 0 Å². The van der Waals surface area contributed by atoms with Gasteiger partial charge in [0.15, 0.2) is 0 Å². The number of carbonyl (C=O) groups excluding carboxylic acids is 1. The zero-order valence-corrected chi connectivity index (χ0v) is 17.8. The number of nitrogens with one attached hydrogen (secondary N) is 1. The van der Waals surface area contributed by atoms with Crippen LogP contribution in [0.25, 0.3) is 0 Å². The summed E-state index contributed by atoms with van der Waals surface area (Å²) in [5.74, 6) is 1.15. The van der Waals surface area contributed by atoms with Crippen LogP contribution in [-0.2, 0) is 0 Å². The van der Waals surface area contributed by atoms with Crippen molar-refractivity contribution in [2.24, 2.45) is 0 Å². The lowest BCUT2D eigenvalue weighted by Crippen LogP contribution is -2.42. The van der Waals surface area contributed by atoms with Crippen molar-refractivity contribution >= 4 is 34.8 Å². The van der Waals surface area contributed by atoms with E-state index in [-0.39, 0.29) is 12.0 Å². The standard InChI is InChI=1S/C21H25Cl2N3O3/c1-28-15-3-5-20(24)17(12-15)21(27)25-8-11-26-9-6-14(7-10-26)29-16-2-4-18(22)19(23)13-16/h2-5,12-14H,6-11,24H2,1H3,(H,25,27). The van der Waals surface area contributed by atoms with Crippen LogP contribution in [0.4, 0.5) is 5.69 Å². The van der Waals surface area contributed by atoms with Crippen LogP contribution in [0.15, 0.2) is 36.4 Å². The summed E-state index contributed by atoms with van der Waals surface area (Å²) in [4.78, 5) is 14.7. The molecule has 0 aromatic heterocycles. The molecule has 0 unspecified atom stereocenters. The zero-order chi connectivity index (χ0) is 20.8. The summed E-state index contributed by atoms with van der Waals surface area (Å²) in [6, 6.07) is 10.4. The van der Waals surface area contributed by atoms with E-state index in [9.17, 15) is 4.79 Å². The van der Waals surface area contributed by atoms with Crippen molar-refractivity contribution in [3.8, 4) is 11.5 Å². The lowest BCUT2D eigenvalue weighted by atomic mass is 10.1. The van der Waals surface area contributed by atoms with Crippen molar-refractivity contribution in [2.75, 3.05) is 39.0 Å². The summed E-state index contributed by atoms with van der Waals surface area (Å²) in [7, 11) is 1.56. The highest BCUT2D eigenvalue weighted by Gasteiger charge is 2.21. The molecule has 3 N–H and O–H groups in total. The predicted molar refractivity (Wildman–Crippen MR) is 116 cm³/mol. The predicted octanol–water partition coefficient (Wildman–Crippen LogP) is 3.86. The Labute approximate surface area is 180 Å². The molecule has 0 bridgehead atoms. The fourth-order valence-corrected chi connectivity index (χ4v) is 3.56. The maximum Gasteiger partial charge on any atom is 0.253 e. The van der Waals surface area contributed by atoms with Gasteiger partial charge in [-0.25, -0.2) is 0 Å². The number of carbonyl (C=O) groups is 1. The maximum absolute atomic E-state index is 12.4. The second-order valence-corrected chi connectivity index (χ2v) is 7.76. The second kappa shape index (κ2) is 10.1. The van der Waals surface area contributed by atoms with Gasteiger partial charge in [0, 0.05) is 37.9 Å². The van der Waals surface area contributed by atoms with E-state index in [1.807, 2.05) is 6.07 Å². The number of amides is 1. The number of hydrogen-bond donors (Lipinski definition) is 2.